The van der Waals surface area contributed by atoms with E-state index in [1.165, 1.54) is 0 Å². The standard InChI is InChI=1S/C35H30N2O2/c1-39-32-20-19-25-21-27(18-17-26(25)22-32)33(38)23-31-24-36-34(37-31)35(28-11-5-2-6-12-28,29-13-7-3-8-14-29)30-15-9-4-10-16-30/h2-22,24,33,38H,23H2,1H3,(H,36,37). The summed E-state index contributed by atoms with van der Waals surface area (Å²) in [6.07, 6.45) is 1.60. The van der Waals surface area contributed by atoms with Gasteiger partial charge in [0.1, 0.15) is 17.0 Å². The predicted octanol–water partition coefficient (Wildman–Crippen LogP) is 7.23. The molecule has 1 heterocycles. The number of ether oxygens (including phenoxy) is 1. The number of benzene rings is 5. The Labute approximate surface area is 228 Å². The highest BCUT2D eigenvalue weighted by molar-refractivity contribution is 5.84. The van der Waals surface area contributed by atoms with Gasteiger partial charge >= 0.3 is 0 Å². The molecule has 4 nitrogen and oxygen atoms in total. The summed E-state index contributed by atoms with van der Waals surface area (Å²) in [7, 11) is 1.67. The smallest absolute Gasteiger partial charge is 0.125 e. The van der Waals surface area contributed by atoms with Crippen LogP contribution in [0.2, 0.25) is 0 Å². The maximum absolute atomic E-state index is 11.2. The van der Waals surface area contributed by atoms with Gasteiger partial charge < -0.3 is 14.8 Å². The lowest BCUT2D eigenvalue weighted by Gasteiger charge is -2.34. The van der Waals surface area contributed by atoms with Gasteiger partial charge in [-0.2, -0.15) is 0 Å². The molecule has 0 aliphatic carbocycles. The van der Waals surface area contributed by atoms with Crippen LogP contribution in [0, 0.1) is 0 Å². The highest BCUT2D eigenvalue weighted by Crippen LogP contribution is 2.43. The molecule has 1 atom stereocenters. The summed E-state index contributed by atoms with van der Waals surface area (Å²) in [4.78, 5) is 8.57. The molecule has 4 heteroatoms. The first-order valence-corrected chi connectivity index (χ1v) is 13.1. The molecular weight excluding hydrogens is 480 g/mol. The number of aliphatic hydroxyl groups is 1. The molecule has 0 aliphatic heterocycles. The summed E-state index contributed by atoms with van der Waals surface area (Å²) in [6.45, 7) is 0. The van der Waals surface area contributed by atoms with Crippen LogP contribution in [0.4, 0.5) is 0 Å². The van der Waals surface area contributed by atoms with Crippen LogP contribution in [0.25, 0.3) is 10.8 Å². The molecule has 1 unspecified atom stereocenters. The molecule has 0 saturated heterocycles. The number of aliphatic hydroxyl groups excluding tert-OH is 1. The van der Waals surface area contributed by atoms with E-state index in [1.54, 1.807) is 7.11 Å². The van der Waals surface area contributed by atoms with Gasteiger partial charge in [-0.05, 0) is 51.2 Å². The second kappa shape index (κ2) is 10.6. The van der Waals surface area contributed by atoms with Crippen LogP contribution < -0.4 is 4.74 Å². The number of methoxy groups -OCH3 is 1. The average Bonchev–Trinajstić information content (AvgIpc) is 3.47. The highest BCUT2D eigenvalue weighted by Gasteiger charge is 2.41. The minimum Gasteiger partial charge on any atom is -0.497 e. The van der Waals surface area contributed by atoms with Crippen molar-refractivity contribution in [1.82, 2.24) is 9.97 Å². The number of rotatable bonds is 8. The lowest BCUT2D eigenvalue weighted by Crippen LogP contribution is -2.32. The van der Waals surface area contributed by atoms with Crippen molar-refractivity contribution < 1.29 is 9.84 Å². The molecule has 0 amide bonds. The van der Waals surface area contributed by atoms with Crippen LogP contribution in [0.5, 0.6) is 5.75 Å². The Kier molecular flexibility index (Phi) is 6.70. The van der Waals surface area contributed by atoms with Crippen molar-refractivity contribution in [3.8, 4) is 5.75 Å². The number of fused-ring (bicyclic) bond motifs is 1. The van der Waals surface area contributed by atoms with Crippen molar-refractivity contribution >= 4 is 10.8 Å². The molecule has 0 bridgehead atoms. The molecule has 192 valence electrons. The lowest BCUT2D eigenvalue weighted by molar-refractivity contribution is 0.177. The Balaban J connectivity index is 1.41. The molecule has 6 aromatic rings. The van der Waals surface area contributed by atoms with Crippen LogP contribution in [0.1, 0.15) is 39.9 Å². The SMILES string of the molecule is COc1ccc2cc(C(O)Cc3cnc(C(c4ccccc4)(c4ccccc4)c4ccccc4)[nH]3)ccc2c1. The summed E-state index contributed by atoms with van der Waals surface area (Å²) in [5.74, 6) is 1.64. The Hall–Kier alpha value is -4.67. The van der Waals surface area contributed by atoms with Gasteiger partial charge in [-0.15, -0.1) is 0 Å². The molecule has 0 fully saturated rings. The molecule has 0 radical (unpaired) electrons. The van der Waals surface area contributed by atoms with E-state index in [9.17, 15) is 5.11 Å². The zero-order chi connectivity index (χ0) is 26.7. The number of hydrogen-bond donors (Lipinski definition) is 2. The number of hydrogen-bond acceptors (Lipinski definition) is 3. The lowest BCUT2D eigenvalue weighted by atomic mass is 9.69. The molecule has 0 spiro atoms. The van der Waals surface area contributed by atoms with E-state index >= 15 is 0 Å². The van der Waals surface area contributed by atoms with E-state index in [0.29, 0.717) is 6.42 Å². The van der Waals surface area contributed by atoms with Crippen LogP contribution in [0.3, 0.4) is 0 Å². The van der Waals surface area contributed by atoms with Crippen LogP contribution in [-0.4, -0.2) is 22.2 Å². The van der Waals surface area contributed by atoms with E-state index in [4.69, 9.17) is 9.72 Å². The van der Waals surface area contributed by atoms with Crippen molar-refractivity contribution in [3.63, 3.8) is 0 Å². The van der Waals surface area contributed by atoms with Crippen molar-refractivity contribution in [2.75, 3.05) is 7.11 Å². The summed E-state index contributed by atoms with van der Waals surface area (Å²) in [5, 5.41) is 13.4. The summed E-state index contributed by atoms with van der Waals surface area (Å²) in [6, 6.07) is 43.5. The quantitative estimate of drug-likeness (QED) is 0.212. The third-order valence-electron chi connectivity index (χ3n) is 7.47. The van der Waals surface area contributed by atoms with E-state index in [2.05, 4.69) is 77.8 Å². The number of nitrogens with zero attached hydrogens (tertiary/aromatic N) is 1. The molecular formula is C35H30N2O2. The highest BCUT2D eigenvalue weighted by atomic mass is 16.5. The van der Waals surface area contributed by atoms with Gasteiger partial charge in [-0.1, -0.05) is 109 Å². The first-order valence-electron chi connectivity index (χ1n) is 13.1. The summed E-state index contributed by atoms with van der Waals surface area (Å²) < 4.78 is 5.34. The Morgan fingerprint density at radius 3 is 1.82 bits per heavy atom. The molecule has 1 aromatic heterocycles. The second-order valence-electron chi connectivity index (χ2n) is 9.80. The monoisotopic (exact) mass is 510 g/mol. The summed E-state index contributed by atoms with van der Waals surface area (Å²) in [5.41, 5.74) is 4.45. The number of nitrogens with one attached hydrogen (secondary N) is 1. The molecule has 5 aromatic carbocycles. The predicted molar refractivity (Wildman–Crippen MR) is 156 cm³/mol. The molecule has 39 heavy (non-hydrogen) atoms. The average molecular weight is 511 g/mol. The van der Waals surface area contributed by atoms with Crippen molar-refractivity contribution in [2.24, 2.45) is 0 Å². The number of H-pyrrole nitrogens is 1. The first kappa shape index (κ1) is 24.7. The van der Waals surface area contributed by atoms with E-state index < -0.39 is 11.5 Å². The normalized spacial score (nSPS) is 12.4. The van der Waals surface area contributed by atoms with Crippen molar-refractivity contribution in [2.45, 2.75) is 17.9 Å². The number of aromatic amines is 1. The third kappa shape index (κ3) is 4.60. The number of aromatic nitrogens is 2. The third-order valence-corrected chi connectivity index (χ3v) is 7.47. The maximum atomic E-state index is 11.2. The second-order valence-corrected chi connectivity index (χ2v) is 9.80. The Morgan fingerprint density at radius 2 is 1.26 bits per heavy atom. The minimum atomic E-state index is -0.677. The fourth-order valence-electron chi connectivity index (χ4n) is 5.53. The molecule has 0 aliphatic rings. The summed E-state index contributed by atoms with van der Waals surface area (Å²) >= 11 is 0. The zero-order valence-corrected chi connectivity index (χ0v) is 21.8. The fraction of sp³-hybridized carbons (Fsp3) is 0.114. The molecule has 6 rings (SSSR count). The molecule has 2 N–H and O–H groups in total. The Bertz CT molecular complexity index is 1580. The number of imidazole rings is 1. The van der Waals surface area contributed by atoms with Gasteiger partial charge in [-0.25, -0.2) is 4.98 Å². The first-order chi connectivity index (χ1) is 19.2. The van der Waals surface area contributed by atoms with Crippen LogP contribution >= 0.6 is 0 Å². The van der Waals surface area contributed by atoms with Gasteiger partial charge in [0, 0.05) is 18.3 Å². The Morgan fingerprint density at radius 1 is 0.718 bits per heavy atom. The van der Waals surface area contributed by atoms with Gasteiger partial charge in [0.2, 0.25) is 0 Å². The minimum absolute atomic E-state index is 0.420. The van der Waals surface area contributed by atoms with Gasteiger partial charge in [0.05, 0.1) is 13.2 Å². The van der Waals surface area contributed by atoms with E-state index in [-0.39, 0.29) is 0 Å². The molecule has 0 saturated carbocycles. The van der Waals surface area contributed by atoms with E-state index in [1.807, 2.05) is 60.8 Å². The van der Waals surface area contributed by atoms with Gasteiger partial charge in [-0.3, -0.25) is 0 Å². The van der Waals surface area contributed by atoms with Crippen LogP contribution in [0.15, 0.2) is 134 Å². The van der Waals surface area contributed by atoms with E-state index in [0.717, 1.165) is 50.3 Å². The largest absolute Gasteiger partial charge is 0.497 e. The van der Waals surface area contributed by atoms with Crippen LogP contribution in [-0.2, 0) is 11.8 Å². The maximum Gasteiger partial charge on any atom is 0.125 e. The van der Waals surface area contributed by atoms with Crippen molar-refractivity contribution in [3.05, 3.63) is 167 Å². The van der Waals surface area contributed by atoms with Gasteiger partial charge in [0.15, 0.2) is 0 Å². The zero-order valence-electron chi connectivity index (χ0n) is 21.8. The topological polar surface area (TPSA) is 58.1 Å². The van der Waals surface area contributed by atoms with Crippen molar-refractivity contribution in [1.29, 1.82) is 0 Å². The fourth-order valence-corrected chi connectivity index (χ4v) is 5.53. The van der Waals surface area contributed by atoms with Gasteiger partial charge in [0.25, 0.3) is 0 Å².